The molecule has 1 unspecified atom stereocenters. The Labute approximate surface area is 153 Å². The van der Waals surface area contributed by atoms with Crippen molar-refractivity contribution in [3.8, 4) is 0 Å². The van der Waals surface area contributed by atoms with E-state index in [1.165, 1.54) is 6.26 Å². The standard InChI is InChI=1S/C18H16N4O3S/c1-12-14(9-25-19-12)16(23)21-6-7-22-17(24)15-3-2-5-20(15)11-18(21,22)13-4-8-26-10-13/h2-5,8-10H,6-7,11H2,1H3. The summed E-state index contributed by atoms with van der Waals surface area (Å²) in [5, 5.41) is 7.83. The molecule has 5 rings (SSSR count). The van der Waals surface area contributed by atoms with Crippen molar-refractivity contribution in [1.29, 1.82) is 0 Å². The van der Waals surface area contributed by atoms with Crippen LogP contribution < -0.4 is 0 Å². The van der Waals surface area contributed by atoms with Crippen LogP contribution in [0.5, 0.6) is 0 Å². The highest BCUT2D eigenvalue weighted by Crippen LogP contribution is 2.44. The van der Waals surface area contributed by atoms with Crippen LogP contribution in [0.25, 0.3) is 0 Å². The van der Waals surface area contributed by atoms with Gasteiger partial charge in [0.25, 0.3) is 11.8 Å². The monoisotopic (exact) mass is 368 g/mol. The minimum Gasteiger partial charge on any atom is -0.364 e. The Morgan fingerprint density at radius 2 is 2.23 bits per heavy atom. The molecular formula is C18H16N4O3S. The molecule has 0 spiro atoms. The molecule has 2 aliphatic heterocycles. The molecule has 2 amide bonds. The predicted molar refractivity (Wildman–Crippen MR) is 93.7 cm³/mol. The van der Waals surface area contributed by atoms with Gasteiger partial charge in [0.2, 0.25) is 0 Å². The highest BCUT2D eigenvalue weighted by molar-refractivity contribution is 7.08. The summed E-state index contributed by atoms with van der Waals surface area (Å²) in [6, 6.07) is 5.69. The van der Waals surface area contributed by atoms with E-state index in [4.69, 9.17) is 4.52 Å². The average Bonchev–Trinajstić information content (AvgIpc) is 3.40. The number of amides is 2. The largest absolute Gasteiger partial charge is 0.364 e. The van der Waals surface area contributed by atoms with Gasteiger partial charge < -0.3 is 18.9 Å². The molecule has 0 radical (unpaired) electrons. The zero-order chi connectivity index (χ0) is 17.9. The smallest absolute Gasteiger partial charge is 0.272 e. The first-order valence-electron chi connectivity index (χ1n) is 8.35. The number of aromatic nitrogens is 2. The summed E-state index contributed by atoms with van der Waals surface area (Å²) in [7, 11) is 0. The first-order valence-corrected chi connectivity index (χ1v) is 9.30. The van der Waals surface area contributed by atoms with Gasteiger partial charge in [0.05, 0.1) is 12.2 Å². The second kappa shape index (κ2) is 5.31. The van der Waals surface area contributed by atoms with Crippen molar-refractivity contribution < 1.29 is 14.1 Å². The van der Waals surface area contributed by atoms with Crippen molar-refractivity contribution in [3.05, 3.63) is 63.9 Å². The fourth-order valence-electron chi connectivity index (χ4n) is 4.09. The summed E-state index contributed by atoms with van der Waals surface area (Å²) in [6.07, 6.45) is 3.28. The summed E-state index contributed by atoms with van der Waals surface area (Å²) in [5.41, 5.74) is 1.77. The summed E-state index contributed by atoms with van der Waals surface area (Å²) in [5.74, 6) is -0.217. The molecule has 5 heterocycles. The Morgan fingerprint density at radius 1 is 1.35 bits per heavy atom. The molecule has 3 aromatic rings. The maximum atomic E-state index is 13.3. The quantitative estimate of drug-likeness (QED) is 0.696. The predicted octanol–water partition coefficient (Wildman–Crippen LogP) is 2.31. The van der Waals surface area contributed by atoms with Crippen molar-refractivity contribution >= 4 is 23.2 Å². The fourth-order valence-corrected chi connectivity index (χ4v) is 4.80. The Bertz CT molecular complexity index is 1010. The number of hydrogen-bond acceptors (Lipinski definition) is 5. The van der Waals surface area contributed by atoms with Crippen LogP contribution in [0, 0.1) is 6.92 Å². The second-order valence-corrected chi connectivity index (χ2v) is 7.36. The molecule has 132 valence electrons. The fraction of sp³-hybridized carbons (Fsp3) is 0.278. The Morgan fingerprint density at radius 3 is 2.96 bits per heavy atom. The van der Waals surface area contributed by atoms with Crippen molar-refractivity contribution in [3.63, 3.8) is 0 Å². The van der Waals surface area contributed by atoms with Gasteiger partial charge in [0.15, 0.2) is 5.66 Å². The van der Waals surface area contributed by atoms with Crippen molar-refractivity contribution in [1.82, 2.24) is 19.5 Å². The van der Waals surface area contributed by atoms with Gasteiger partial charge in [0.1, 0.15) is 17.5 Å². The molecule has 0 N–H and O–H groups in total. The minimum absolute atomic E-state index is 0.0511. The van der Waals surface area contributed by atoms with E-state index < -0.39 is 5.66 Å². The normalized spacial score (nSPS) is 21.8. The van der Waals surface area contributed by atoms with Crippen LogP contribution in [0.2, 0.25) is 0 Å². The summed E-state index contributed by atoms with van der Waals surface area (Å²) >= 11 is 1.56. The van der Waals surface area contributed by atoms with Gasteiger partial charge in [-0.2, -0.15) is 11.3 Å². The number of hydrogen-bond donors (Lipinski definition) is 0. The van der Waals surface area contributed by atoms with Crippen LogP contribution in [-0.4, -0.2) is 44.4 Å². The molecule has 3 aromatic heterocycles. The highest BCUT2D eigenvalue weighted by Gasteiger charge is 2.56. The molecule has 1 atom stereocenters. The van der Waals surface area contributed by atoms with Crippen LogP contribution in [-0.2, 0) is 12.2 Å². The zero-order valence-corrected chi connectivity index (χ0v) is 14.9. The third kappa shape index (κ3) is 1.84. The van der Waals surface area contributed by atoms with Gasteiger partial charge >= 0.3 is 0 Å². The molecule has 0 bridgehead atoms. The second-order valence-electron chi connectivity index (χ2n) is 6.58. The first kappa shape index (κ1) is 15.4. The average molecular weight is 368 g/mol. The van der Waals surface area contributed by atoms with E-state index in [9.17, 15) is 9.59 Å². The maximum Gasteiger partial charge on any atom is 0.272 e. The maximum absolute atomic E-state index is 13.3. The summed E-state index contributed by atoms with van der Waals surface area (Å²) < 4.78 is 6.90. The molecular weight excluding hydrogens is 352 g/mol. The molecule has 8 heteroatoms. The van der Waals surface area contributed by atoms with Gasteiger partial charge in [-0.3, -0.25) is 9.59 Å². The number of nitrogens with zero attached hydrogens (tertiary/aromatic N) is 4. The molecule has 0 aromatic carbocycles. The third-order valence-corrected chi connectivity index (χ3v) is 6.02. The van der Waals surface area contributed by atoms with E-state index in [0.29, 0.717) is 36.6 Å². The number of carbonyl (C=O) groups is 2. The molecule has 2 aliphatic rings. The lowest BCUT2D eigenvalue weighted by molar-refractivity contribution is -0.00575. The zero-order valence-electron chi connectivity index (χ0n) is 14.1. The number of thiophene rings is 1. The summed E-state index contributed by atoms with van der Waals surface area (Å²) in [4.78, 5) is 30.1. The van der Waals surface area contributed by atoms with E-state index in [1.807, 2.05) is 44.6 Å². The number of rotatable bonds is 2. The molecule has 26 heavy (non-hydrogen) atoms. The molecule has 7 nitrogen and oxygen atoms in total. The number of carbonyl (C=O) groups excluding carboxylic acids is 2. The Kier molecular flexibility index (Phi) is 3.14. The van der Waals surface area contributed by atoms with Crippen molar-refractivity contribution in [2.45, 2.75) is 19.1 Å². The molecule has 1 fully saturated rings. The van der Waals surface area contributed by atoms with Gasteiger partial charge in [-0.1, -0.05) is 5.16 Å². The Balaban J connectivity index is 1.69. The minimum atomic E-state index is -0.829. The third-order valence-electron chi connectivity index (χ3n) is 5.33. The van der Waals surface area contributed by atoms with E-state index >= 15 is 0 Å². The lowest BCUT2D eigenvalue weighted by atomic mass is 9.96. The van der Waals surface area contributed by atoms with Crippen LogP contribution in [0.1, 0.15) is 32.1 Å². The van der Waals surface area contributed by atoms with E-state index in [1.54, 1.807) is 23.2 Å². The molecule has 0 aliphatic carbocycles. The lowest BCUT2D eigenvalue weighted by Crippen LogP contribution is -2.59. The van der Waals surface area contributed by atoms with Crippen molar-refractivity contribution in [2.24, 2.45) is 0 Å². The van der Waals surface area contributed by atoms with Crippen LogP contribution in [0.3, 0.4) is 0 Å². The number of fused-ring (bicyclic) bond motifs is 2. The van der Waals surface area contributed by atoms with E-state index in [0.717, 1.165) is 5.56 Å². The topological polar surface area (TPSA) is 71.6 Å². The van der Waals surface area contributed by atoms with Gasteiger partial charge in [-0.25, -0.2) is 0 Å². The Hall–Kier alpha value is -2.87. The van der Waals surface area contributed by atoms with E-state index in [-0.39, 0.29) is 11.8 Å². The number of aryl methyl sites for hydroxylation is 1. The van der Waals surface area contributed by atoms with Crippen LogP contribution >= 0.6 is 11.3 Å². The van der Waals surface area contributed by atoms with Gasteiger partial charge in [-0.15, -0.1) is 0 Å². The molecule has 0 saturated carbocycles. The van der Waals surface area contributed by atoms with Crippen molar-refractivity contribution in [2.75, 3.05) is 13.1 Å². The lowest BCUT2D eigenvalue weighted by Gasteiger charge is -2.46. The van der Waals surface area contributed by atoms with Gasteiger partial charge in [0, 0.05) is 24.8 Å². The molecule has 1 saturated heterocycles. The highest BCUT2D eigenvalue weighted by atomic mass is 32.1. The SMILES string of the molecule is Cc1nocc1C(=O)N1CCN2C(=O)c3cccn3CC12c1ccsc1. The van der Waals surface area contributed by atoms with Gasteiger partial charge in [-0.05, 0) is 35.9 Å². The van der Waals surface area contributed by atoms with Crippen LogP contribution in [0.15, 0.2) is 45.9 Å². The van der Waals surface area contributed by atoms with Crippen LogP contribution in [0.4, 0.5) is 0 Å². The van der Waals surface area contributed by atoms with E-state index in [2.05, 4.69) is 5.16 Å². The summed E-state index contributed by atoms with van der Waals surface area (Å²) in [6.45, 7) is 3.22. The first-order chi connectivity index (χ1) is 12.6.